The van der Waals surface area contributed by atoms with E-state index in [0.717, 1.165) is 18.8 Å². The molecule has 0 radical (unpaired) electrons. The molecule has 84 valence electrons. The van der Waals surface area contributed by atoms with Crippen LogP contribution in [0.4, 0.5) is 5.82 Å². The van der Waals surface area contributed by atoms with E-state index in [-0.39, 0.29) is 0 Å². The number of aromatic nitrogens is 2. The van der Waals surface area contributed by atoms with Gasteiger partial charge in [-0.25, -0.2) is 9.97 Å². The standard InChI is InChI=1S/C10H9BrClN3S/c11-8-9(12)14-6-15-10(8)13-4-3-7-2-1-5-16-7/h1-2,5-6H,3-4H2,(H,13,14,15). The summed E-state index contributed by atoms with van der Waals surface area (Å²) in [7, 11) is 0. The Morgan fingerprint density at radius 3 is 3.06 bits per heavy atom. The highest BCUT2D eigenvalue weighted by molar-refractivity contribution is 9.10. The monoisotopic (exact) mass is 317 g/mol. The van der Waals surface area contributed by atoms with Crippen LogP contribution in [0.25, 0.3) is 0 Å². The Hall–Kier alpha value is -0.650. The summed E-state index contributed by atoms with van der Waals surface area (Å²) in [6, 6.07) is 4.17. The second kappa shape index (κ2) is 5.61. The van der Waals surface area contributed by atoms with E-state index >= 15 is 0 Å². The zero-order valence-electron chi connectivity index (χ0n) is 8.28. The number of thiophene rings is 1. The van der Waals surface area contributed by atoms with Crippen molar-refractivity contribution in [2.75, 3.05) is 11.9 Å². The van der Waals surface area contributed by atoms with Crippen LogP contribution in [0.15, 0.2) is 28.3 Å². The molecule has 0 saturated carbocycles. The number of rotatable bonds is 4. The molecule has 0 aromatic carbocycles. The fourth-order valence-corrected chi connectivity index (χ4v) is 2.42. The number of anilines is 1. The third kappa shape index (κ3) is 2.93. The van der Waals surface area contributed by atoms with E-state index in [1.54, 1.807) is 11.3 Å². The van der Waals surface area contributed by atoms with Gasteiger partial charge in [0.25, 0.3) is 0 Å². The summed E-state index contributed by atoms with van der Waals surface area (Å²) >= 11 is 11.0. The topological polar surface area (TPSA) is 37.8 Å². The van der Waals surface area contributed by atoms with Crippen LogP contribution < -0.4 is 5.32 Å². The Bertz CT molecular complexity index is 461. The van der Waals surface area contributed by atoms with Crippen molar-refractivity contribution in [2.24, 2.45) is 0 Å². The van der Waals surface area contributed by atoms with Crippen LogP contribution in [-0.2, 0) is 6.42 Å². The molecule has 0 spiro atoms. The molecule has 16 heavy (non-hydrogen) atoms. The predicted octanol–water partition coefficient (Wildman–Crippen LogP) is 3.61. The molecule has 0 saturated heterocycles. The van der Waals surface area contributed by atoms with Gasteiger partial charge in [-0.15, -0.1) is 11.3 Å². The van der Waals surface area contributed by atoms with Gasteiger partial charge in [-0.05, 0) is 33.8 Å². The van der Waals surface area contributed by atoms with Crippen LogP contribution in [0.1, 0.15) is 4.88 Å². The number of halogens is 2. The van der Waals surface area contributed by atoms with Crippen LogP contribution in [-0.4, -0.2) is 16.5 Å². The molecule has 0 aliphatic heterocycles. The largest absolute Gasteiger partial charge is 0.369 e. The van der Waals surface area contributed by atoms with E-state index in [2.05, 4.69) is 48.7 Å². The van der Waals surface area contributed by atoms with Crippen molar-refractivity contribution in [3.8, 4) is 0 Å². The maximum Gasteiger partial charge on any atom is 0.148 e. The first-order chi connectivity index (χ1) is 7.77. The Kier molecular flexibility index (Phi) is 4.15. The smallest absolute Gasteiger partial charge is 0.148 e. The maximum absolute atomic E-state index is 5.86. The van der Waals surface area contributed by atoms with E-state index in [4.69, 9.17) is 11.6 Å². The van der Waals surface area contributed by atoms with Gasteiger partial charge in [-0.3, -0.25) is 0 Å². The summed E-state index contributed by atoms with van der Waals surface area (Å²) < 4.78 is 0.711. The molecule has 0 atom stereocenters. The van der Waals surface area contributed by atoms with Gasteiger partial charge in [0, 0.05) is 11.4 Å². The number of nitrogens with one attached hydrogen (secondary N) is 1. The van der Waals surface area contributed by atoms with E-state index in [9.17, 15) is 0 Å². The van der Waals surface area contributed by atoms with Gasteiger partial charge < -0.3 is 5.32 Å². The van der Waals surface area contributed by atoms with Crippen LogP contribution in [0, 0.1) is 0 Å². The highest BCUT2D eigenvalue weighted by atomic mass is 79.9. The van der Waals surface area contributed by atoms with Crippen molar-refractivity contribution in [2.45, 2.75) is 6.42 Å². The molecule has 0 fully saturated rings. The van der Waals surface area contributed by atoms with Crippen molar-refractivity contribution in [3.63, 3.8) is 0 Å². The average Bonchev–Trinajstić information content (AvgIpc) is 2.77. The van der Waals surface area contributed by atoms with E-state index in [1.165, 1.54) is 11.2 Å². The first-order valence-corrected chi connectivity index (χ1v) is 6.74. The average molecular weight is 319 g/mol. The molecular formula is C10H9BrClN3S. The Balaban J connectivity index is 1.92. The fraction of sp³-hybridized carbons (Fsp3) is 0.200. The molecule has 2 aromatic rings. The van der Waals surface area contributed by atoms with Crippen molar-refractivity contribution < 1.29 is 0 Å². The SMILES string of the molecule is Clc1ncnc(NCCc2cccs2)c1Br. The quantitative estimate of drug-likeness (QED) is 0.875. The van der Waals surface area contributed by atoms with Crippen LogP contribution in [0.5, 0.6) is 0 Å². The fourth-order valence-electron chi connectivity index (χ4n) is 1.23. The van der Waals surface area contributed by atoms with Crippen molar-refractivity contribution in [1.29, 1.82) is 0 Å². The highest BCUT2D eigenvalue weighted by Crippen LogP contribution is 2.25. The molecule has 0 aliphatic rings. The Morgan fingerprint density at radius 1 is 1.44 bits per heavy atom. The molecule has 2 rings (SSSR count). The van der Waals surface area contributed by atoms with Crippen molar-refractivity contribution in [3.05, 3.63) is 38.3 Å². The third-order valence-electron chi connectivity index (χ3n) is 1.99. The minimum atomic E-state index is 0.425. The minimum Gasteiger partial charge on any atom is -0.369 e. The summed E-state index contributed by atoms with van der Waals surface area (Å²) in [5.74, 6) is 0.733. The van der Waals surface area contributed by atoms with Gasteiger partial charge in [0.1, 0.15) is 17.3 Å². The molecule has 1 N–H and O–H groups in total. The van der Waals surface area contributed by atoms with Gasteiger partial charge in [0.15, 0.2) is 0 Å². The summed E-state index contributed by atoms with van der Waals surface area (Å²) in [5, 5.41) is 5.72. The van der Waals surface area contributed by atoms with Crippen LogP contribution >= 0.6 is 38.9 Å². The molecule has 2 aromatic heterocycles. The zero-order chi connectivity index (χ0) is 11.4. The highest BCUT2D eigenvalue weighted by Gasteiger charge is 2.05. The lowest BCUT2D eigenvalue weighted by molar-refractivity contribution is 1.01. The van der Waals surface area contributed by atoms with Gasteiger partial charge in [0.05, 0.1) is 4.47 Å². The lowest BCUT2D eigenvalue weighted by atomic mass is 10.3. The zero-order valence-corrected chi connectivity index (χ0v) is 11.4. The number of hydrogen-bond acceptors (Lipinski definition) is 4. The molecule has 0 aliphatic carbocycles. The van der Waals surface area contributed by atoms with E-state index in [1.807, 2.05) is 0 Å². The first kappa shape index (κ1) is 11.8. The lowest BCUT2D eigenvalue weighted by Crippen LogP contribution is -2.06. The Morgan fingerprint density at radius 2 is 2.31 bits per heavy atom. The van der Waals surface area contributed by atoms with Gasteiger partial charge >= 0.3 is 0 Å². The van der Waals surface area contributed by atoms with Crippen LogP contribution in [0.2, 0.25) is 5.15 Å². The summed E-state index contributed by atoms with van der Waals surface area (Å²) in [6.07, 6.45) is 2.42. The number of nitrogens with zero attached hydrogens (tertiary/aromatic N) is 2. The summed E-state index contributed by atoms with van der Waals surface area (Å²) in [4.78, 5) is 9.33. The van der Waals surface area contributed by atoms with Gasteiger partial charge in [-0.1, -0.05) is 17.7 Å². The van der Waals surface area contributed by atoms with Gasteiger partial charge in [-0.2, -0.15) is 0 Å². The lowest BCUT2D eigenvalue weighted by Gasteiger charge is -2.06. The minimum absolute atomic E-state index is 0.425. The van der Waals surface area contributed by atoms with E-state index < -0.39 is 0 Å². The molecular weight excluding hydrogens is 310 g/mol. The summed E-state index contributed by atoms with van der Waals surface area (Å²) in [5.41, 5.74) is 0. The van der Waals surface area contributed by atoms with Crippen molar-refractivity contribution in [1.82, 2.24) is 9.97 Å². The molecule has 0 bridgehead atoms. The van der Waals surface area contributed by atoms with E-state index in [0.29, 0.717) is 9.63 Å². The molecule has 0 unspecified atom stereocenters. The van der Waals surface area contributed by atoms with Gasteiger partial charge in [0.2, 0.25) is 0 Å². The van der Waals surface area contributed by atoms with Crippen LogP contribution in [0.3, 0.4) is 0 Å². The Labute approximate surface area is 111 Å². The number of hydrogen-bond donors (Lipinski definition) is 1. The predicted molar refractivity (Wildman–Crippen MR) is 71.3 cm³/mol. The molecule has 3 nitrogen and oxygen atoms in total. The van der Waals surface area contributed by atoms with Crippen molar-refractivity contribution >= 4 is 44.7 Å². The molecule has 2 heterocycles. The maximum atomic E-state index is 5.86. The summed E-state index contributed by atoms with van der Waals surface area (Å²) in [6.45, 7) is 0.826. The second-order valence-corrected chi connectivity index (χ2v) is 5.27. The normalized spacial score (nSPS) is 10.4. The third-order valence-corrected chi connectivity index (χ3v) is 4.19. The second-order valence-electron chi connectivity index (χ2n) is 3.08. The first-order valence-electron chi connectivity index (χ1n) is 4.69. The molecule has 0 amide bonds. The molecule has 6 heteroatoms.